The van der Waals surface area contributed by atoms with E-state index in [9.17, 15) is 10.0 Å². The first-order chi connectivity index (χ1) is 12.2. The van der Waals surface area contributed by atoms with Gasteiger partial charge in [0.15, 0.2) is 0 Å². The molecule has 5 aromatic rings. The zero-order valence-corrected chi connectivity index (χ0v) is 13.5. The van der Waals surface area contributed by atoms with Gasteiger partial charge in [-0.05, 0) is 48.6 Å². The number of rotatable bonds is 1. The molecule has 25 heavy (non-hydrogen) atoms. The van der Waals surface area contributed by atoms with Crippen molar-refractivity contribution in [3.63, 3.8) is 0 Å². The molecule has 0 saturated carbocycles. The maximum atomic E-state index is 9.50. The fourth-order valence-electron chi connectivity index (χ4n) is 3.81. The first-order valence-electron chi connectivity index (χ1n) is 8.35. The second-order valence-corrected chi connectivity index (χ2v) is 6.46. The van der Waals surface area contributed by atoms with Gasteiger partial charge in [0.2, 0.25) is 0 Å². The van der Waals surface area contributed by atoms with Gasteiger partial charge in [0.05, 0.1) is 0 Å². The van der Waals surface area contributed by atoms with Gasteiger partial charge in [-0.1, -0.05) is 78.9 Å². The summed E-state index contributed by atoms with van der Waals surface area (Å²) in [6.07, 6.45) is 0. The van der Waals surface area contributed by atoms with Gasteiger partial charge in [-0.15, -0.1) is 0 Å². The molecule has 2 N–H and O–H groups in total. The molecule has 0 unspecified atom stereocenters. The third-order valence-electron chi connectivity index (χ3n) is 5.06. The highest BCUT2D eigenvalue weighted by atomic mass is 16.4. The largest absolute Gasteiger partial charge is 0.488 e. The van der Waals surface area contributed by atoms with Crippen LogP contribution in [0, 0.1) is 0 Å². The Hall–Kier alpha value is -2.88. The molecule has 3 heteroatoms. The number of hydrogen-bond donors (Lipinski definition) is 2. The summed E-state index contributed by atoms with van der Waals surface area (Å²) in [6, 6.07) is 26.9. The number of benzene rings is 5. The second-order valence-electron chi connectivity index (χ2n) is 6.46. The average molecular weight is 322 g/mol. The molecule has 0 saturated heterocycles. The zero-order valence-electron chi connectivity index (χ0n) is 13.5. The molecule has 5 aromatic carbocycles. The van der Waals surface area contributed by atoms with Crippen molar-refractivity contribution in [1.29, 1.82) is 0 Å². The molecular weight excluding hydrogens is 307 g/mol. The van der Waals surface area contributed by atoms with Crippen LogP contribution in [0.25, 0.3) is 43.1 Å². The van der Waals surface area contributed by atoms with E-state index in [0.29, 0.717) is 5.46 Å². The molecule has 0 amide bonds. The van der Waals surface area contributed by atoms with Crippen molar-refractivity contribution < 1.29 is 10.0 Å². The highest BCUT2D eigenvalue weighted by molar-refractivity contribution is 6.59. The highest BCUT2D eigenvalue weighted by Gasteiger charge is 2.13. The zero-order chi connectivity index (χ0) is 17.0. The van der Waals surface area contributed by atoms with Gasteiger partial charge in [0, 0.05) is 0 Å². The lowest BCUT2D eigenvalue weighted by molar-refractivity contribution is 0.426. The lowest BCUT2D eigenvalue weighted by Gasteiger charge is -2.11. The van der Waals surface area contributed by atoms with E-state index < -0.39 is 7.12 Å². The van der Waals surface area contributed by atoms with Crippen LogP contribution < -0.4 is 5.46 Å². The van der Waals surface area contributed by atoms with Crippen LogP contribution in [0.3, 0.4) is 0 Å². The molecule has 0 aliphatic heterocycles. The predicted molar refractivity (Wildman–Crippen MR) is 106 cm³/mol. The first-order valence-corrected chi connectivity index (χ1v) is 8.35. The fraction of sp³-hybridized carbons (Fsp3) is 0. The van der Waals surface area contributed by atoms with Crippen molar-refractivity contribution in [2.45, 2.75) is 0 Å². The van der Waals surface area contributed by atoms with Crippen LogP contribution in [0.15, 0.2) is 78.9 Å². The summed E-state index contributed by atoms with van der Waals surface area (Å²) < 4.78 is 0. The lowest BCUT2D eigenvalue weighted by Crippen LogP contribution is -2.29. The molecule has 0 heterocycles. The smallest absolute Gasteiger partial charge is 0.423 e. The van der Waals surface area contributed by atoms with Gasteiger partial charge in [0.25, 0.3) is 0 Å². The molecule has 118 valence electrons. The van der Waals surface area contributed by atoms with E-state index >= 15 is 0 Å². The fourth-order valence-corrected chi connectivity index (χ4v) is 3.81. The molecule has 5 rings (SSSR count). The topological polar surface area (TPSA) is 40.5 Å². The van der Waals surface area contributed by atoms with E-state index in [1.807, 2.05) is 12.1 Å². The predicted octanol–water partition coefficient (Wildman–Crippen LogP) is 3.98. The molecule has 0 atom stereocenters. The summed E-state index contributed by atoms with van der Waals surface area (Å²) in [5.41, 5.74) is 0.513. The normalized spacial score (nSPS) is 11.6. The van der Waals surface area contributed by atoms with Gasteiger partial charge >= 0.3 is 7.12 Å². The standard InChI is InChI=1S/C22H15BO2/c24-23(25)16-8-5-15-7-10-20-19-9-6-14-3-1-2-4-17(14)18(19)11-12-21(20)22(15)13-16/h1-13,24-25H. The molecule has 0 bridgehead atoms. The minimum absolute atomic E-state index is 0.513. The lowest BCUT2D eigenvalue weighted by atomic mass is 9.79. The Morgan fingerprint density at radius 1 is 0.480 bits per heavy atom. The summed E-state index contributed by atoms with van der Waals surface area (Å²) in [6.45, 7) is 0. The molecule has 0 fully saturated rings. The monoisotopic (exact) mass is 322 g/mol. The maximum absolute atomic E-state index is 9.50. The van der Waals surface area contributed by atoms with Crippen LogP contribution in [0.4, 0.5) is 0 Å². The second kappa shape index (κ2) is 5.31. The summed E-state index contributed by atoms with van der Waals surface area (Å²) in [5, 5.41) is 28.4. The Labute approximate surface area is 145 Å². The van der Waals surface area contributed by atoms with E-state index in [1.165, 1.54) is 26.9 Å². The molecule has 2 nitrogen and oxygen atoms in total. The quantitative estimate of drug-likeness (QED) is 0.362. The van der Waals surface area contributed by atoms with Gasteiger partial charge < -0.3 is 10.0 Å². The molecule has 0 aliphatic rings. The van der Waals surface area contributed by atoms with Crippen LogP contribution in [0.2, 0.25) is 0 Å². The number of fused-ring (bicyclic) bond motifs is 7. The maximum Gasteiger partial charge on any atom is 0.488 e. The summed E-state index contributed by atoms with van der Waals surface area (Å²) >= 11 is 0. The Bertz CT molecular complexity index is 1280. The van der Waals surface area contributed by atoms with Crippen molar-refractivity contribution in [3.05, 3.63) is 78.9 Å². The van der Waals surface area contributed by atoms with Gasteiger partial charge in [-0.3, -0.25) is 0 Å². The third kappa shape index (κ3) is 2.14. The average Bonchev–Trinajstić information content (AvgIpc) is 2.66. The van der Waals surface area contributed by atoms with Gasteiger partial charge in [-0.2, -0.15) is 0 Å². The van der Waals surface area contributed by atoms with Crippen molar-refractivity contribution >= 4 is 55.7 Å². The molecule has 0 aromatic heterocycles. The third-order valence-corrected chi connectivity index (χ3v) is 5.06. The van der Waals surface area contributed by atoms with Gasteiger partial charge in [-0.25, -0.2) is 0 Å². The molecule has 0 aliphatic carbocycles. The van der Waals surface area contributed by atoms with Crippen LogP contribution in [0.1, 0.15) is 0 Å². The van der Waals surface area contributed by atoms with E-state index in [-0.39, 0.29) is 0 Å². The van der Waals surface area contributed by atoms with Crippen LogP contribution >= 0.6 is 0 Å². The SMILES string of the molecule is OB(O)c1ccc2ccc3c(ccc4c5ccccc5ccc43)c2c1. The summed E-state index contributed by atoms with van der Waals surface area (Å²) in [4.78, 5) is 0. The van der Waals surface area contributed by atoms with Crippen LogP contribution in [-0.2, 0) is 0 Å². The highest BCUT2D eigenvalue weighted by Crippen LogP contribution is 2.34. The Balaban J connectivity index is 1.94. The van der Waals surface area contributed by atoms with E-state index in [4.69, 9.17) is 0 Å². The molecule has 0 radical (unpaired) electrons. The van der Waals surface area contributed by atoms with Crippen LogP contribution in [-0.4, -0.2) is 17.2 Å². The Morgan fingerprint density at radius 2 is 1.00 bits per heavy atom. The van der Waals surface area contributed by atoms with Gasteiger partial charge in [0.1, 0.15) is 0 Å². The van der Waals surface area contributed by atoms with E-state index in [0.717, 1.165) is 16.2 Å². The molecular formula is C22H15BO2. The molecule has 0 spiro atoms. The minimum atomic E-state index is -1.45. The first kappa shape index (κ1) is 14.5. The van der Waals surface area contributed by atoms with E-state index in [1.54, 1.807) is 6.07 Å². The minimum Gasteiger partial charge on any atom is -0.423 e. The van der Waals surface area contributed by atoms with Crippen molar-refractivity contribution in [2.75, 3.05) is 0 Å². The van der Waals surface area contributed by atoms with Crippen molar-refractivity contribution in [3.8, 4) is 0 Å². The van der Waals surface area contributed by atoms with Crippen LogP contribution in [0.5, 0.6) is 0 Å². The van der Waals surface area contributed by atoms with E-state index in [2.05, 4.69) is 60.7 Å². The summed E-state index contributed by atoms with van der Waals surface area (Å²) in [7, 11) is -1.45. The summed E-state index contributed by atoms with van der Waals surface area (Å²) in [5.74, 6) is 0. The van der Waals surface area contributed by atoms with Crippen molar-refractivity contribution in [1.82, 2.24) is 0 Å². The Kier molecular flexibility index (Phi) is 3.08. The van der Waals surface area contributed by atoms with Crippen molar-refractivity contribution in [2.24, 2.45) is 0 Å². The number of hydrogen-bond acceptors (Lipinski definition) is 2. The Morgan fingerprint density at radius 3 is 1.72 bits per heavy atom.